The second-order valence-electron chi connectivity index (χ2n) is 7.58. The molecule has 0 spiro atoms. The fourth-order valence-corrected chi connectivity index (χ4v) is 4.06. The first kappa shape index (κ1) is 21.2. The number of halogens is 1. The minimum Gasteiger partial charge on any atom is -0.482 e. The molecule has 2 aromatic carbocycles. The van der Waals surface area contributed by atoms with Gasteiger partial charge < -0.3 is 14.5 Å². The van der Waals surface area contributed by atoms with Crippen molar-refractivity contribution in [2.75, 3.05) is 49.1 Å². The first-order valence-electron chi connectivity index (χ1n) is 10.3. The van der Waals surface area contributed by atoms with Gasteiger partial charge in [-0.25, -0.2) is 0 Å². The fraction of sp³-hybridized carbons (Fsp3) is 0.348. The molecule has 0 N–H and O–H groups in total. The molecule has 0 aromatic heterocycles. The number of fused-ring (bicyclic) bond motifs is 1. The third-order valence-electron chi connectivity index (χ3n) is 5.64. The highest BCUT2D eigenvalue weighted by atomic mass is 35.5. The van der Waals surface area contributed by atoms with Crippen LogP contribution in [0.5, 0.6) is 5.75 Å². The van der Waals surface area contributed by atoms with Crippen LogP contribution < -0.4 is 14.5 Å². The molecule has 2 amide bonds. The summed E-state index contributed by atoms with van der Waals surface area (Å²) < 4.78 is 5.49. The van der Waals surface area contributed by atoms with Crippen LogP contribution in [0.4, 0.5) is 11.4 Å². The Morgan fingerprint density at radius 3 is 2.55 bits per heavy atom. The van der Waals surface area contributed by atoms with Gasteiger partial charge in [0.25, 0.3) is 5.91 Å². The average molecular weight is 442 g/mol. The lowest BCUT2D eigenvalue weighted by atomic mass is 10.1. The number of rotatable bonds is 5. The predicted molar refractivity (Wildman–Crippen MR) is 119 cm³/mol. The molecular formula is C23H24ClN3O4. The number of carbonyl (C=O) groups is 3. The van der Waals surface area contributed by atoms with Crippen molar-refractivity contribution in [3.8, 4) is 5.75 Å². The lowest BCUT2D eigenvalue weighted by Gasteiger charge is -2.37. The highest BCUT2D eigenvalue weighted by Gasteiger charge is 2.30. The molecule has 0 saturated carbocycles. The molecule has 2 heterocycles. The largest absolute Gasteiger partial charge is 0.482 e. The Hall–Kier alpha value is -3.06. The van der Waals surface area contributed by atoms with Crippen LogP contribution in [0.1, 0.15) is 23.7 Å². The van der Waals surface area contributed by atoms with Crippen LogP contribution in [-0.4, -0.2) is 61.8 Å². The molecule has 0 atom stereocenters. The van der Waals surface area contributed by atoms with Crippen molar-refractivity contribution in [3.05, 3.63) is 53.1 Å². The van der Waals surface area contributed by atoms with Gasteiger partial charge in [0.05, 0.1) is 5.69 Å². The molecule has 8 heteroatoms. The smallest absolute Gasteiger partial charge is 0.265 e. The molecule has 0 aliphatic carbocycles. The highest BCUT2D eigenvalue weighted by Crippen LogP contribution is 2.33. The maximum Gasteiger partial charge on any atom is 0.265 e. The first-order chi connectivity index (χ1) is 15.0. The van der Waals surface area contributed by atoms with Gasteiger partial charge in [0, 0.05) is 48.9 Å². The summed E-state index contributed by atoms with van der Waals surface area (Å²) in [7, 11) is 0. The van der Waals surface area contributed by atoms with Crippen molar-refractivity contribution in [1.82, 2.24) is 4.90 Å². The van der Waals surface area contributed by atoms with Gasteiger partial charge in [-0.3, -0.25) is 19.3 Å². The highest BCUT2D eigenvalue weighted by molar-refractivity contribution is 6.30. The maximum atomic E-state index is 13.0. The molecule has 31 heavy (non-hydrogen) atoms. The van der Waals surface area contributed by atoms with E-state index in [0.717, 1.165) is 5.69 Å². The first-order valence-corrected chi connectivity index (χ1v) is 10.7. The van der Waals surface area contributed by atoms with Gasteiger partial charge in [-0.05, 0) is 36.4 Å². The third-order valence-corrected chi connectivity index (χ3v) is 5.88. The standard InChI is InChI=1S/C23H24ClN3O4/c1-2-20(28)16-6-7-21-19(12-16)27(23(30)15-31-21)14-22(29)26-10-8-25(9-11-26)18-5-3-4-17(24)13-18/h3-7,12-13H,2,8-11,14-15H2,1H3. The second kappa shape index (κ2) is 8.98. The molecule has 2 aromatic rings. The van der Waals surface area contributed by atoms with E-state index < -0.39 is 0 Å². The van der Waals surface area contributed by atoms with Gasteiger partial charge in [0.15, 0.2) is 12.4 Å². The molecular weight excluding hydrogens is 418 g/mol. The summed E-state index contributed by atoms with van der Waals surface area (Å²) in [6, 6.07) is 12.7. The van der Waals surface area contributed by atoms with Crippen molar-refractivity contribution in [1.29, 1.82) is 0 Å². The zero-order valence-corrected chi connectivity index (χ0v) is 18.1. The quantitative estimate of drug-likeness (QED) is 0.667. The van der Waals surface area contributed by atoms with Gasteiger partial charge in [-0.2, -0.15) is 0 Å². The Balaban J connectivity index is 1.44. The molecule has 0 unspecified atom stereocenters. The zero-order valence-electron chi connectivity index (χ0n) is 17.3. The predicted octanol–water partition coefficient (Wildman–Crippen LogP) is 3.01. The van der Waals surface area contributed by atoms with Crippen LogP contribution in [0.3, 0.4) is 0 Å². The van der Waals surface area contributed by atoms with E-state index in [-0.39, 0.29) is 30.7 Å². The van der Waals surface area contributed by atoms with E-state index in [0.29, 0.717) is 54.6 Å². The SMILES string of the molecule is CCC(=O)c1ccc2c(c1)N(CC(=O)N1CCN(c3cccc(Cl)c3)CC1)C(=O)CO2. The van der Waals surface area contributed by atoms with Crippen molar-refractivity contribution >= 4 is 40.6 Å². The Morgan fingerprint density at radius 1 is 1.06 bits per heavy atom. The van der Waals surface area contributed by atoms with Crippen molar-refractivity contribution in [2.45, 2.75) is 13.3 Å². The third kappa shape index (κ3) is 4.51. The zero-order chi connectivity index (χ0) is 22.0. The molecule has 7 nitrogen and oxygen atoms in total. The summed E-state index contributed by atoms with van der Waals surface area (Å²) in [6.07, 6.45) is 0.365. The summed E-state index contributed by atoms with van der Waals surface area (Å²) in [6.45, 7) is 4.09. The number of hydrogen-bond donors (Lipinski definition) is 0. The molecule has 2 aliphatic rings. The Labute approximate surface area is 186 Å². The molecule has 1 fully saturated rings. The van der Waals surface area contributed by atoms with E-state index >= 15 is 0 Å². The molecule has 0 bridgehead atoms. The van der Waals surface area contributed by atoms with Gasteiger partial charge in [-0.15, -0.1) is 0 Å². The van der Waals surface area contributed by atoms with E-state index in [1.54, 1.807) is 30.0 Å². The van der Waals surface area contributed by atoms with Crippen LogP contribution in [0.15, 0.2) is 42.5 Å². The number of piperazine rings is 1. The number of benzene rings is 2. The lowest BCUT2D eigenvalue weighted by Crippen LogP contribution is -2.53. The number of carbonyl (C=O) groups excluding carboxylic acids is 3. The van der Waals surface area contributed by atoms with E-state index in [4.69, 9.17) is 16.3 Å². The topological polar surface area (TPSA) is 70.2 Å². The molecule has 1 saturated heterocycles. The number of amides is 2. The molecule has 162 valence electrons. The minimum atomic E-state index is -0.292. The molecule has 4 rings (SSSR count). The number of nitrogens with zero attached hydrogens (tertiary/aromatic N) is 3. The summed E-state index contributed by atoms with van der Waals surface area (Å²) >= 11 is 6.09. The van der Waals surface area contributed by atoms with Crippen LogP contribution in [-0.2, 0) is 9.59 Å². The normalized spacial score (nSPS) is 16.1. The Bertz CT molecular complexity index is 1020. The van der Waals surface area contributed by atoms with Gasteiger partial charge in [0.1, 0.15) is 12.3 Å². The maximum absolute atomic E-state index is 13.0. The monoisotopic (exact) mass is 441 g/mol. The lowest BCUT2D eigenvalue weighted by molar-refractivity contribution is -0.132. The number of ketones is 1. The number of ether oxygens (including phenoxy) is 1. The van der Waals surface area contributed by atoms with Crippen molar-refractivity contribution in [3.63, 3.8) is 0 Å². The summed E-state index contributed by atoms with van der Waals surface area (Å²) in [5.74, 6) is 0.0636. The molecule has 2 aliphatic heterocycles. The summed E-state index contributed by atoms with van der Waals surface area (Å²) in [5.41, 5.74) is 2.01. The van der Waals surface area contributed by atoms with E-state index in [2.05, 4.69) is 4.90 Å². The van der Waals surface area contributed by atoms with Crippen LogP contribution >= 0.6 is 11.6 Å². The van der Waals surface area contributed by atoms with Crippen LogP contribution in [0.2, 0.25) is 5.02 Å². The van der Waals surface area contributed by atoms with Gasteiger partial charge >= 0.3 is 0 Å². The Morgan fingerprint density at radius 2 is 1.84 bits per heavy atom. The fourth-order valence-electron chi connectivity index (χ4n) is 3.88. The number of anilines is 2. The number of hydrogen-bond acceptors (Lipinski definition) is 5. The van der Waals surface area contributed by atoms with E-state index in [1.807, 2.05) is 24.3 Å². The summed E-state index contributed by atoms with van der Waals surface area (Å²) in [5, 5.41) is 0.682. The van der Waals surface area contributed by atoms with Gasteiger partial charge in [0.2, 0.25) is 5.91 Å². The second-order valence-corrected chi connectivity index (χ2v) is 8.01. The van der Waals surface area contributed by atoms with E-state index in [9.17, 15) is 14.4 Å². The van der Waals surface area contributed by atoms with Crippen molar-refractivity contribution < 1.29 is 19.1 Å². The van der Waals surface area contributed by atoms with Crippen LogP contribution in [0.25, 0.3) is 0 Å². The van der Waals surface area contributed by atoms with Crippen LogP contribution in [0, 0.1) is 0 Å². The Kier molecular flexibility index (Phi) is 6.13. The number of Topliss-reactive ketones (excluding diaryl/α,β-unsaturated/α-hetero) is 1. The van der Waals surface area contributed by atoms with E-state index in [1.165, 1.54) is 4.90 Å². The van der Waals surface area contributed by atoms with Gasteiger partial charge in [-0.1, -0.05) is 24.6 Å². The average Bonchev–Trinajstić information content (AvgIpc) is 2.80. The molecule has 0 radical (unpaired) electrons. The summed E-state index contributed by atoms with van der Waals surface area (Å²) in [4.78, 5) is 43.0. The minimum absolute atomic E-state index is 0.0239. The van der Waals surface area contributed by atoms with Crippen molar-refractivity contribution in [2.24, 2.45) is 0 Å².